The van der Waals surface area contributed by atoms with Crippen molar-refractivity contribution in [1.29, 1.82) is 0 Å². The maximum atomic E-state index is 12.4. The fourth-order valence-corrected chi connectivity index (χ4v) is 3.13. The Morgan fingerprint density at radius 3 is 2.96 bits per heavy atom. The number of benzene rings is 1. The van der Waals surface area contributed by atoms with Crippen molar-refractivity contribution in [2.45, 2.75) is 26.7 Å². The Hall–Kier alpha value is -2.64. The second kappa shape index (κ2) is 7.50. The van der Waals surface area contributed by atoms with Crippen LogP contribution in [0, 0.1) is 12.8 Å². The van der Waals surface area contributed by atoms with E-state index in [1.807, 2.05) is 30.0 Å². The van der Waals surface area contributed by atoms with Crippen LogP contribution < -0.4 is 10.1 Å². The maximum absolute atomic E-state index is 12.4. The van der Waals surface area contributed by atoms with Gasteiger partial charge in [0.1, 0.15) is 11.4 Å². The monoisotopic (exact) mass is 344 g/mol. The molecule has 0 spiro atoms. The quantitative estimate of drug-likeness (QED) is 0.888. The van der Waals surface area contributed by atoms with Crippen molar-refractivity contribution in [1.82, 2.24) is 25.1 Å². The zero-order valence-corrected chi connectivity index (χ0v) is 14.9. The molecule has 2 heterocycles. The summed E-state index contributed by atoms with van der Waals surface area (Å²) in [6, 6.07) is 5.61. The maximum Gasteiger partial charge on any atom is 0.241 e. The number of piperidine rings is 1. The summed E-state index contributed by atoms with van der Waals surface area (Å²) >= 11 is 0. The van der Waals surface area contributed by atoms with Gasteiger partial charge in [-0.05, 0) is 54.3 Å². The highest BCUT2D eigenvalue weighted by molar-refractivity contribution is 5.81. The van der Waals surface area contributed by atoms with E-state index in [0.29, 0.717) is 17.5 Å². The highest BCUT2D eigenvalue weighted by Crippen LogP contribution is 2.26. The Kier molecular flexibility index (Phi) is 5.16. The molecule has 1 unspecified atom stereocenters. The molecule has 1 atom stereocenters. The molecule has 1 aromatic carbocycles. The van der Waals surface area contributed by atoms with Gasteiger partial charge in [-0.1, -0.05) is 6.92 Å². The van der Waals surface area contributed by atoms with Crippen LogP contribution in [-0.2, 0) is 4.79 Å². The Morgan fingerprint density at radius 2 is 2.28 bits per heavy atom. The number of nitrogens with zero attached hydrogens (tertiary/aromatic N) is 5. The molecule has 1 saturated heterocycles. The topological polar surface area (TPSA) is 85.2 Å². The van der Waals surface area contributed by atoms with Crippen molar-refractivity contribution >= 4 is 11.6 Å². The van der Waals surface area contributed by atoms with Gasteiger partial charge in [-0.25, -0.2) is 0 Å². The molecular weight excluding hydrogens is 320 g/mol. The molecule has 0 bridgehead atoms. The Labute approximate surface area is 147 Å². The van der Waals surface area contributed by atoms with Crippen molar-refractivity contribution in [2.75, 3.05) is 32.1 Å². The molecule has 8 heteroatoms. The summed E-state index contributed by atoms with van der Waals surface area (Å²) in [6.45, 7) is 5.98. The number of tetrazole rings is 1. The number of ether oxygens (including phenoxy) is 1. The van der Waals surface area contributed by atoms with E-state index < -0.39 is 0 Å². The lowest BCUT2D eigenvalue weighted by atomic mass is 10.0. The summed E-state index contributed by atoms with van der Waals surface area (Å²) in [5, 5.41) is 14.8. The first-order valence-electron chi connectivity index (χ1n) is 8.53. The van der Waals surface area contributed by atoms with E-state index in [4.69, 9.17) is 4.74 Å². The molecule has 1 aromatic heterocycles. The van der Waals surface area contributed by atoms with Crippen LogP contribution in [0.4, 0.5) is 5.69 Å². The largest absolute Gasteiger partial charge is 0.494 e. The number of methoxy groups -OCH3 is 1. The van der Waals surface area contributed by atoms with E-state index >= 15 is 0 Å². The third-order valence-electron chi connectivity index (χ3n) is 4.49. The van der Waals surface area contributed by atoms with E-state index in [0.717, 1.165) is 30.9 Å². The van der Waals surface area contributed by atoms with Gasteiger partial charge in [0, 0.05) is 18.8 Å². The molecule has 1 amide bonds. The van der Waals surface area contributed by atoms with Crippen LogP contribution in [0.1, 0.15) is 25.6 Å². The first-order chi connectivity index (χ1) is 12.1. The van der Waals surface area contributed by atoms with Gasteiger partial charge in [0.2, 0.25) is 5.91 Å². The molecule has 1 aliphatic rings. The molecule has 8 nitrogen and oxygen atoms in total. The van der Waals surface area contributed by atoms with Gasteiger partial charge in [-0.15, -0.1) is 5.10 Å². The van der Waals surface area contributed by atoms with Crippen LogP contribution in [0.25, 0.3) is 5.69 Å². The summed E-state index contributed by atoms with van der Waals surface area (Å²) in [7, 11) is 1.60. The number of aryl methyl sites for hydroxylation is 1. The van der Waals surface area contributed by atoms with Gasteiger partial charge < -0.3 is 15.0 Å². The second-order valence-corrected chi connectivity index (χ2v) is 6.47. The van der Waals surface area contributed by atoms with Crippen LogP contribution in [-0.4, -0.2) is 57.8 Å². The average Bonchev–Trinajstić information content (AvgIpc) is 3.05. The minimum Gasteiger partial charge on any atom is -0.494 e. The van der Waals surface area contributed by atoms with E-state index in [1.165, 1.54) is 6.42 Å². The number of hydrogen-bond acceptors (Lipinski definition) is 6. The van der Waals surface area contributed by atoms with E-state index in [9.17, 15) is 4.79 Å². The minimum absolute atomic E-state index is 0.127. The zero-order chi connectivity index (χ0) is 17.8. The van der Waals surface area contributed by atoms with Crippen LogP contribution in [0.5, 0.6) is 5.75 Å². The normalized spacial score (nSPS) is 17.4. The lowest BCUT2D eigenvalue weighted by Gasteiger charge is -2.31. The molecule has 1 aliphatic heterocycles. The number of aromatic nitrogens is 4. The molecule has 25 heavy (non-hydrogen) atoms. The van der Waals surface area contributed by atoms with E-state index in [2.05, 4.69) is 27.8 Å². The Bertz CT molecular complexity index is 744. The predicted octanol–water partition coefficient (Wildman–Crippen LogP) is 1.65. The molecule has 0 aliphatic carbocycles. The molecule has 3 rings (SSSR count). The third-order valence-corrected chi connectivity index (χ3v) is 4.49. The summed E-state index contributed by atoms with van der Waals surface area (Å²) in [4.78, 5) is 14.4. The second-order valence-electron chi connectivity index (χ2n) is 6.47. The standard InChI is InChI=1S/C17H24N6O2/c1-12-5-4-8-22(11-12)17(24)10-18-14-6-7-16(25-3)15(9-14)23-13(2)19-20-21-23/h6-7,9,12,18H,4-5,8,10-11H2,1-3H3. The lowest BCUT2D eigenvalue weighted by molar-refractivity contribution is -0.130. The fourth-order valence-electron chi connectivity index (χ4n) is 3.13. The fraction of sp³-hybridized carbons (Fsp3) is 0.529. The number of carbonyl (C=O) groups excluding carboxylic acids is 1. The highest BCUT2D eigenvalue weighted by Gasteiger charge is 2.20. The van der Waals surface area contributed by atoms with Crippen molar-refractivity contribution in [3.63, 3.8) is 0 Å². The van der Waals surface area contributed by atoms with Crippen molar-refractivity contribution < 1.29 is 9.53 Å². The van der Waals surface area contributed by atoms with Crippen LogP contribution in [0.15, 0.2) is 18.2 Å². The van der Waals surface area contributed by atoms with Gasteiger partial charge in [0.15, 0.2) is 5.82 Å². The zero-order valence-electron chi connectivity index (χ0n) is 14.9. The number of likely N-dealkylation sites (tertiary alicyclic amines) is 1. The van der Waals surface area contributed by atoms with Gasteiger partial charge in [0.25, 0.3) is 0 Å². The van der Waals surface area contributed by atoms with Crippen molar-refractivity contribution in [3.05, 3.63) is 24.0 Å². The van der Waals surface area contributed by atoms with Crippen molar-refractivity contribution in [2.24, 2.45) is 5.92 Å². The van der Waals surface area contributed by atoms with Crippen LogP contribution in [0.2, 0.25) is 0 Å². The number of carbonyl (C=O) groups is 1. The lowest BCUT2D eigenvalue weighted by Crippen LogP contribution is -2.41. The Balaban J connectivity index is 1.71. The smallest absolute Gasteiger partial charge is 0.241 e. The predicted molar refractivity (Wildman–Crippen MR) is 93.9 cm³/mol. The number of hydrogen-bond donors (Lipinski definition) is 1. The summed E-state index contributed by atoms with van der Waals surface area (Å²) < 4.78 is 7.00. The van der Waals surface area contributed by atoms with Gasteiger partial charge in [-0.3, -0.25) is 4.79 Å². The van der Waals surface area contributed by atoms with E-state index in [1.54, 1.807) is 11.8 Å². The first kappa shape index (κ1) is 17.2. The number of nitrogens with one attached hydrogen (secondary N) is 1. The first-order valence-corrected chi connectivity index (χ1v) is 8.53. The molecule has 0 saturated carbocycles. The van der Waals surface area contributed by atoms with Gasteiger partial charge in [0.05, 0.1) is 13.7 Å². The number of amides is 1. The van der Waals surface area contributed by atoms with Crippen LogP contribution >= 0.6 is 0 Å². The summed E-state index contributed by atoms with van der Waals surface area (Å²) in [5.74, 6) is 2.03. The average molecular weight is 344 g/mol. The molecule has 2 aromatic rings. The minimum atomic E-state index is 0.127. The van der Waals surface area contributed by atoms with Gasteiger partial charge in [-0.2, -0.15) is 4.68 Å². The van der Waals surface area contributed by atoms with E-state index in [-0.39, 0.29) is 12.5 Å². The molecule has 1 N–H and O–H groups in total. The number of rotatable bonds is 5. The molecule has 0 radical (unpaired) electrons. The highest BCUT2D eigenvalue weighted by atomic mass is 16.5. The third kappa shape index (κ3) is 3.89. The Morgan fingerprint density at radius 1 is 1.44 bits per heavy atom. The van der Waals surface area contributed by atoms with Gasteiger partial charge >= 0.3 is 0 Å². The van der Waals surface area contributed by atoms with Crippen LogP contribution in [0.3, 0.4) is 0 Å². The number of anilines is 1. The molecule has 134 valence electrons. The SMILES string of the molecule is COc1ccc(NCC(=O)N2CCCC(C)C2)cc1-n1nnnc1C. The summed E-state index contributed by atoms with van der Waals surface area (Å²) in [6.07, 6.45) is 2.28. The molecule has 1 fully saturated rings. The summed E-state index contributed by atoms with van der Waals surface area (Å²) in [5.41, 5.74) is 1.55. The molecular formula is C17H24N6O2. The van der Waals surface area contributed by atoms with Crippen molar-refractivity contribution in [3.8, 4) is 11.4 Å².